The number of nitrogens with one attached hydrogen (secondary N) is 2. The molecule has 0 radical (unpaired) electrons. The number of nitrogens with zero attached hydrogens (tertiary/aromatic N) is 4. The zero-order valence-electron chi connectivity index (χ0n) is 19.6. The second-order valence-corrected chi connectivity index (χ2v) is 10.8. The molecule has 0 saturated heterocycles. The Morgan fingerprint density at radius 3 is 2.61 bits per heavy atom. The molecule has 2 aromatic carbocycles. The molecular weight excluding hydrogens is 476 g/mol. The molecule has 3 aromatic rings. The van der Waals surface area contributed by atoms with Crippen molar-refractivity contribution in [3.63, 3.8) is 0 Å². The van der Waals surface area contributed by atoms with Crippen molar-refractivity contribution in [2.45, 2.75) is 49.5 Å². The van der Waals surface area contributed by atoms with E-state index in [4.69, 9.17) is 5.26 Å². The van der Waals surface area contributed by atoms with Gasteiger partial charge in [0.1, 0.15) is 0 Å². The van der Waals surface area contributed by atoms with E-state index in [9.17, 15) is 13.2 Å². The number of sulfonamides is 1. The van der Waals surface area contributed by atoms with Crippen LogP contribution in [0.3, 0.4) is 0 Å². The lowest BCUT2D eigenvalue weighted by Crippen LogP contribution is -2.39. The number of nitriles is 1. The molecule has 0 atom stereocenters. The van der Waals surface area contributed by atoms with E-state index in [1.165, 1.54) is 4.31 Å². The number of anilines is 3. The van der Waals surface area contributed by atoms with E-state index in [0.29, 0.717) is 23.0 Å². The van der Waals surface area contributed by atoms with Crippen LogP contribution in [-0.2, 0) is 21.2 Å². The topological polar surface area (TPSA) is 128 Å². The fraction of sp³-hybridized carbons (Fsp3) is 0.308. The lowest BCUT2D eigenvalue weighted by Gasteiger charge is -2.27. The number of hydrogen-bond acceptors (Lipinski definition) is 7. The Morgan fingerprint density at radius 2 is 1.86 bits per heavy atom. The van der Waals surface area contributed by atoms with E-state index in [-0.39, 0.29) is 36.2 Å². The predicted molar refractivity (Wildman–Crippen MR) is 136 cm³/mol. The molecule has 10 heteroatoms. The maximum absolute atomic E-state index is 13.4. The van der Waals surface area contributed by atoms with Crippen LogP contribution in [0.5, 0.6) is 0 Å². The summed E-state index contributed by atoms with van der Waals surface area (Å²) in [6.07, 6.45) is 5.63. The first-order valence-electron chi connectivity index (χ1n) is 12.0. The third kappa shape index (κ3) is 4.80. The molecule has 1 amide bonds. The van der Waals surface area contributed by atoms with Gasteiger partial charge in [0.05, 0.1) is 28.8 Å². The Labute approximate surface area is 210 Å². The largest absolute Gasteiger partial charge is 0.325 e. The van der Waals surface area contributed by atoms with Crippen molar-refractivity contribution in [1.82, 2.24) is 14.3 Å². The van der Waals surface area contributed by atoms with Crippen LogP contribution in [0.15, 0.2) is 59.6 Å². The zero-order valence-corrected chi connectivity index (χ0v) is 20.5. The molecule has 1 saturated carbocycles. The maximum Gasteiger partial charge on any atom is 0.243 e. The first-order valence-corrected chi connectivity index (χ1v) is 13.4. The van der Waals surface area contributed by atoms with Crippen molar-refractivity contribution in [3.8, 4) is 17.3 Å². The third-order valence-corrected chi connectivity index (χ3v) is 8.53. The Morgan fingerprint density at radius 1 is 1.11 bits per heavy atom. The molecular formula is C26H26N6O3S. The smallest absolute Gasteiger partial charge is 0.243 e. The van der Waals surface area contributed by atoms with E-state index < -0.39 is 10.0 Å². The molecule has 2 heterocycles. The van der Waals surface area contributed by atoms with Gasteiger partial charge in [0.25, 0.3) is 0 Å². The number of amides is 1. The molecule has 2 aliphatic rings. The van der Waals surface area contributed by atoms with Gasteiger partial charge in [-0.15, -0.1) is 0 Å². The summed E-state index contributed by atoms with van der Waals surface area (Å²) in [6, 6.07) is 16.0. The van der Waals surface area contributed by atoms with E-state index in [0.717, 1.165) is 36.8 Å². The van der Waals surface area contributed by atoms with Crippen LogP contribution in [0.1, 0.15) is 37.7 Å². The number of carbonyl (C=O) groups is 1. The number of rotatable bonds is 7. The van der Waals surface area contributed by atoms with Crippen molar-refractivity contribution >= 4 is 33.3 Å². The highest BCUT2D eigenvalue weighted by molar-refractivity contribution is 7.89. The number of aromatic nitrogens is 2. The Kier molecular flexibility index (Phi) is 6.67. The van der Waals surface area contributed by atoms with Crippen LogP contribution in [-0.4, -0.2) is 41.2 Å². The predicted octanol–water partition coefficient (Wildman–Crippen LogP) is 4.23. The minimum atomic E-state index is -3.72. The van der Waals surface area contributed by atoms with Gasteiger partial charge in [0, 0.05) is 42.0 Å². The number of hydrogen-bond donors (Lipinski definition) is 2. The Bertz CT molecular complexity index is 1430. The molecule has 1 aromatic heterocycles. The van der Waals surface area contributed by atoms with Gasteiger partial charge in [-0.05, 0) is 43.2 Å². The minimum Gasteiger partial charge on any atom is -0.325 e. The van der Waals surface area contributed by atoms with Crippen LogP contribution in [0.25, 0.3) is 11.3 Å². The summed E-state index contributed by atoms with van der Waals surface area (Å²) in [6.45, 7) is 0.200. The van der Waals surface area contributed by atoms with Gasteiger partial charge in [0.2, 0.25) is 21.9 Å². The summed E-state index contributed by atoms with van der Waals surface area (Å²) in [7, 11) is -3.72. The summed E-state index contributed by atoms with van der Waals surface area (Å²) in [5.41, 5.74) is 3.55. The first-order chi connectivity index (χ1) is 17.5. The fourth-order valence-corrected chi connectivity index (χ4v) is 6.51. The number of fused-ring (bicyclic) bond motifs is 3. The van der Waals surface area contributed by atoms with E-state index in [1.807, 2.05) is 24.3 Å². The normalized spacial score (nSPS) is 15.5. The standard InChI is InChI=1S/C26H26N6O3S/c27-14-5-15-32(20-6-1-2-7-20)36(34,35)21-12-10-19(11-13-21)29-26-28-17-18-16-24(33)30-23-9-4-3-8-22(23)25(18)31-26/h3-4,8-13,17,20H,1-2,5-7,15-16H2,(H,30,33)(H,28,29,31). The highest BCUT2D eigenvalue weighted by atomic mass is 32.2. The van der Waals surface area contributed by atoms with Gasteiger partial charge in [-0.25, -0.2) is 18.4 Å². The van der Waals surface area contributed by atoms with E-state index >= 15 is 0 Å². The van der Waals surface area contributed by atoms with Crippen LogP contribution in [0.4, 0.5) is 17.3 Å². The molecule has 0 spiro atoms. The van der Waals surface area contributed by atoms with E-state index in [1.54, 1.807) is 30.5 Å². The fourth-order valence-electron chi connectivity index (χ4n) is 4.82. The summed E-state index contributed by atoms with van der Waals surface area (Å²) >= 11 is 0. The quantitative estimate of drug-likeness (QED) is 0.495. The molecule has 1 fully saturated rings. The van der Waals surface area contributed by atoms with Gasteiger partial charge < -0.3 is 10.6 Å². The molecule has 2 N–H and O–H groups in total. The van der Waals surface area contributed by atoms with Crippen molar-refractivity contribution < 1.29 is 13.2 Å². The molecule has 0 bridgehead atoms. The lowest BCUT2D eigenvalue weighted by atomic mass is 10.1. The molecule has 36 heavy (non-hydrogen) atoms. The highest BCUT2D eigenvalue weighted by Gasteiger charge is 2.33. The SMILES string of the molecule is N#CCCN(C1CCCC1)S(=O)(=O)c1ccc(Nc2ncc3c(n2)-c2ccccc2NC(=O)C3)cc1. The minimum absolute atomic E-state index is 0.0571. The molecule has 5 rings (SSSR count). The molecule has 1 aliphatic carbocycles. The van der Waals surface area contributed by atoms with Gasteiger partial charge in [0.15, 0.2) is 0 Å². The average molecular weight is 503 g/mol. The molecule has 9 nitrogen and oxygen atoms in total. The monoisotopic (exact) mass is 502 g/mol. The summed E-state index contributed by atoms with van der Waals surface area (Å²) in [5, 5.41) is 15.0. The first kappa shape index (κ1) is 23.9. The Balaban J connectivity index is 1.39. The summed E-state index contributed by atoms with van der Waals surface area (Å²) < 4.78 is 28.2. The van der Waals surface area contributed by atoms with Gasteiger partial charge in [-0.2, -0.15) is 9.57 Å². The van der Waals surface area contributed by atoms with Crippen molar-refractivity contribution in [3.05, 3.63) is 60.3 Å². The second-order valence-electron chi connectivity index (χ2n) is 8.95. The second kappa shape index (κ2) is 10.0. The van der Waals surface area contributed by atoms with Crippen LogP contribution in [0, 0.1) is 11.3 Å². The highest BCUT2D eigenvalue weighted by Crippen LogP contribution is 2.33. The third-order valence-electron chi connectivity index (χ3n) is 6.56. The Hall–Kier alpha value is -3.81. The molecule has 1 aliphatic heterocycles. The van der Waals surface area contributed by atoms with Crippen molar-refractivity contribution in [2.75, 3.05) is 17.2 Å². The lowest BCUT2D eigenvalue weighted by molar-refractivity contribution is -0.115. The van der Waals surface area contributed by atoms with Gasteiger partial charge in [-0.3, -0.25) is 4.79 Å². The summed E-state index contributed by atoms with van der Waals surface area (Å²) in [4.78, 5) is 21.5. The number of para-hydroxylation sites is 1. The van der Waals surface area contributed by atoms with Crippen LogP contribution < -0.4 is 10.6 Å². The van der Waals surface area contributed by atoms with Gasteiger partial charge >= 0.3 is 0 Å². The van der Waals surface area contributed by atoms with Crippen LogP contribution in [0.2, 0.25) is 0 Å². The molecule has 0 unspecified atom stereocenters. The van der Waals surface area contributed by atoms with E-state index in [2.05, 4.69) is 26.7 Å². The van der Waals surface area contributed by atoms with Crippen molar-refractivity contribution in [2.24, 2.45) is 0 Å². The number of carbonyl (C=O) groups excluding carboxylic acids is 1. The van der Waals surface area contributed by atoms with Gasteiger partial charge in [-0.1, -0.05) is 31.0 Å². The zero-order chi connectivity index (χ0) is 25.1. The summed E-state index contributed by atoms with van der Waals surface area (Å²) in [5.74, 6) is 0.221. The molecule has 184 valence electrons. The maximum atomic E-state index is 13.4. The number of benzene rings is 2. The average Bonchev–Trinajstić information content (AvgIpc) is 3.35. The van der Waals surface area contributed by atoms with Crippen molar-refractivity contribution in [1.29, 1.82) is 5.26 Å². The van der Waals surface area contributed by atoms with Crippen LogP contribution >= 0.6 is 0 Å².